The van der Waals surface area contributed by atoms with E-state index in [4.69, 9.17) is 0 Å². The second-order valence-corrected chi connectivity index (χ2v) is 8.96. The van der Waals surface area contributed by atoms with E-state index in [0.717, 1.165) is 62.0 Å². The summed E-state index contributed by atoms with van der Waals surface area (Å²) in [6.45, 7) is 4.68. The molecule has 1 saturated heterocycles. The summed E-state index contributed by atoms with van der Waals surface area (Å²) in [5.74, 6) is 0.714. The Morgan fingerprint density at radius 3 is 2.47 bits per heavy atom. The minimum Gasteiger partial charge on any atom is -0.353 e. The second kappa shape index (κ2) is 9.29. The number of likely N-dealkylation sites (tertiary alicyclic amines) is 1. The average molecular weight is 412 g/mol. The number of benzene rings is 1. The molecule has 0 spiro atoms. The number of carbonyl (C=O) groups is 3. The predicted octanol–water partition coefficient (Wildman–Crippen LogP) is 2.94. The third-order valence-corrected chi connectivity index (χ3v) is 6.93. The number of nitrogens with one attached hydrogen (secondary N) is 1. The van der Waals surface area contributed by atoms with Crippen LogP contribution in [0.5, 0.6) is 0 Å². The molecule has 162 valence electrons. The summed E-state index contributed by atoms with van der Waals surface area (Å²) < 4.78 is 0. The van der Waals surface area contributed by atoms with Crippen molar-refractivity contribution in [3.8, 4) is 0 Å². The van der Waals surface area contributed by atoms with Gasteiger partial charge in [0.2, 0.25) is 11.8 Å². The first kappa shape index (κ1) is 21.0. The lowest BCUT2D eigenvalue weighted by Gasteiger charge is -2.32. The molecule has 1 aliphatic carbocycles. The fourth-order valence-corrected chi connectivity index (χ4v) is 5.06. The molecule has 6 heteroatoms. The van der Waals surface area contributed by atoms with E-state index in [-0.39, 0.29) is 29.6 Å². The van der Waals surface area contributed by atoms with E-state index in [1.165, 1.54) is 12.8 Å². The molecule has 0 atom stereocenters. The molecule has 2 fully saturated rings. The zero-order chi connectivity index (χ0) is 21.1. The van der Waals surface area contributed by atoms with Crippen LogP contribution in [0.3, 0.4) is 0 Å². The Balaban J connectivity index is 1.27. The van der Waals surface area contributed by atoms with E-state index >= 15 is 0 Å². The number of hydrogen-bond acceptors (Lipinski definition) is 4. The Kier molecular flexibility index (Phi) is 6.52. The van der Waals surface area contributed by atoms with Crippen molar-refractivity contribution in [2.45, 2.75) is 64.3 Å². The van der Waals surface area contributed by atoms with E-state index in [2.05, 4.69) is 10.2 Å². The fraction of sp³-hybridized carbons (Fsp3) is 0.625. The van der Waals surface area contributed by atoms with Crippen LogP contribution in [0.15, 0.2) is 18.2 Å². The third kappa shape index (κ3) is 4.59. The summed E-state index contributed by atoms with van der Waals surface area (Å²) in [5, 5.41) is 3.23. The van der Waals surface area contributed by atoms with Crippen LogP contribution in [-0.2, 0) is 16.0 Å². The molecule has 0 bridgehead atoms. The Labute approximate surface area is 179 Å². The van der Waals surface area contributed by atoms with Gasteiger partial charge in [-0.2, -0.15) is 0 Å². The smallest absolute Gasteiger partial charge is 0.226 e. The standard InChI is InChI=1S/C24H33N3O3/c1-2-23(29)27-14-9-18-15-19(7-8-21(18)27)22(28)16-26-12-10-20(11-13-26)25-24(30)17-5-3-4-6-17/h7-8,15,17,20H,2-6,9-14,16H2,1H3,(H,25,30). The summed E-state index contributed by atoms with van der Waals surface area (Å²) in [4.78, 5) is 41.2. The highest BCUT2D eigenvalue weighted by molar-refractivity contribution is 6.00. The van der Waals surface area contributed by atoms with Gasteiger partial charge in [-0.1, -0.05) is 19.8 Å². The minimum atomic E-state index is 0.131. The summed E-state index contributed by atoms with van der Waals surface area (Å²) in [5.41, 5.74) is 2.78. The van der Waals surface area contributed by atoms with E-state index < -0.39 is 0 Å². The highest BCUT2D eigenvalue weighted by atomic mass is 16.2. The van der Waals surface area contributed by atoms with Gasteiger partial charge in [0.15, 0.2) is 5.78 Å². The van der Waals surface area contributed by atoms with Gasteiger partial charge in [-0.3, -0.25) is 19.3 Å². The van der Waals surface area contributed by atoms with Crippen LogP contribution in [-0.4, -0.2) is 54.7 Å². The van der Waals surface area contributed by atoms with Gasteiger partial charge in [-0.15, -0.1) is 0 Å². The van der Waals surface area contributed by atoms with Crippen LogP contribution in [0.1, 0.15) is 67.8 Å². The zero-order valence-corrected chi connectivity index (χ0v) is 18.0. The number of nitrogens with zero attached hydrogens (tertiary/aromatic N) is 2. The van der Waals surface area contributed by atoms with E-state index in [1.807, 2.05) is 30.0 Å². The minimum absolute atomic E-state index is 0.131. The summed E-state index contributed by atoms with van der Waals surface area (Å²) in [6.07, 6.45) is 7.54. The van der Waals surface area contributed by atoms with Crippen molar-refractivity contribution in [3.63, 3.8) is 0 Å². The quantitative estimate of drug-likeness (QED) is 0.731. The largest absolute Gasteiger partial charge is 0.353 e. The number of rotatable bonds is 6. The zero-order valence-electron chi connectivity index (χ0n) is 18.0. The number of hydrogen-bond donors (Lipinski definition) is 1. The normalized spacial score (nSPS) is 20.4. The van der Waals surface area contributed by atoms with Crippen molar-refractivity contribution in [1.82, 2.24) is 10.2 Å². The van der Waals surface area contributed by atoms with Crippen LogP contribution >= 0.6 is 0 Å². The molecule has 3 aliphatic rings. The highest BCUT2D eigenvalue weighted by Crippen LogP contribution is 2.30. The number of piperidine rings is 1. The lowest BCUT2D eigenvalue weighted by atomic mass is 10.0. The van der Waals surface area contributed by atoms with Crippen LogP contribution in [0.4, 0.5) is 5.69 Å². The lowest BCUT2D eigenvalue weighted by Crippen LogP contribution is -2.47. The average Bonchev–Trinajstić information content (AvgIpc) is 3.44. The summed E-state index contributed by atoms with van der Waals surface area (Å²) in [7, 11) is 0. The summed E-state index contributed by atoms with van der Waals surface area (Å²) in [6, 6.07) is 5.99. The molecule has 1 N–H and O–H groups in total. The molecule has 30 heavy (non-hydrogen) atoms. The number of carbonyl (C=O) groups excluding carboxylic acids is 3. The predicted molar refractivity (Wildman–Crippen MR) is 117 cm³/mol. The number of amides is 2. The van der Waals surface area contributed by atoms with Crippen LogP contribution in [0, 0.1) is 5.92 Å². The molecule has 0 unspecified atom stereocenters. The Morgan fingerprint density at radius 1 is 1.03 bits per heavy atom. The van der Waals surface area contributed by atoms with Crippen LogP contribution in [0.25, 0.3) is 0 Å². The van der Waals surface area contributed by atoms with Gasteiger partial charge in [-0.05, 0) is 55.9 Å². The Bertz CT molecular complexity index is 808. The number of fused-ring (bicyclic) bond motifs is 1. The highest BCUT2D eigenvalue weighted by Gasteiger charge is 2.28. The van der Waals surface area contributed by atoms with Crippen LogP contribution in [0.2, 0.25) is 0 Å². The van der Waals surface area contributed by atoms with E-state index in [9.17, 15) is 14.4 Å². The molecule has 2 heterocycles. The van der Waals surface area contributed by atoms with Gasteiger partial charge in [0, 0.05) is 49.3 Å². The molecule has 1 saturated carbocycles. The van der Waals surface area contributed by atoms with Gasteiger partial charge in [0.25, 0.3) is 0 Å². The molecular formula is C24H33N3O3. The SMILES string of the molecule is CCC(=O)N1CCc2cc(C(=O)CN3CCC(NC(=O)C4CCCC4)CC3)ccc21. The van der Waals surface area contributed by atoms with Crippen molar-refractivity contribution in [2.24, 2.45) is 5.92 Å². The lowest BCUT2D eigenvalue weighted by molar-refractivity contribution is -0.125. The first-order valence-electron chi connectivity index (χ1n) is 11.5. The Morgan fingerprint density at radius 2 is 1.77 bits per heavy atom. The van der Waals surface area contributed by atoms with E-state index in [0.29, 0.717) is 19.5 Å². The summed E-state index contributed by atoms with van der Waals surface area (Å²) >= 11 is 0. The van der Waals surface area contributed by atoms with Gasteiger partial charge < -0.3 is 10.2 Å². The van der Waals surface area contributed by atoms with Crippen molar-refractivity contribution < 1.29 is 14.4 Å². The second-order valence-electron chi connectivity index (χ2n) is 8.96. The van der Waals surface area contributed by atoms with Gasteiger partial charge >= 0.3 is 0 Å². The number of anilines is 1. The number of ketones is 1. The van der Waals surface area contributed by atoms with Gasteiger partial charge in [-0.25, -0.2) is 0 Å². The maximum Gasteiger partial charge on any atom is 0.226 e. The maximum absolute atomic E-state index is 12.8. The molecule has 2 aliphatic heterocycles. The molecule has 1 aromatic rings. The molecular weight excluding hydrogens is 378 g/mol. The Hall–Kier alpha value is -2.21. The number of Topliss-reactive ketones (excluding diaryl/α,β-unsaturated/α-hetero) is 1. The van der Waals surface area contributed by atoms with Crippen LogP contribution < -0.4 is 10.2 Å². The molecule has 0 aromatic heterocycles. The maximum atomic E-state index is 12.8. The molecule has 4 rings (SSSR count). The van der Waals surface area contributed by atoms with Crippen molar-refractivity contribution in [1.29, 1.82) is 0 Å². The molecule has 2 amide bonds. The molecule has 6 nitrogen and oxygen atoms in total. The van der Waals surface area contributed by atoms with Gasteiger partial charge in [0.05, 0.1) is 6.54 Å². The van der Waals surface area contributed by atoms with Crippen molar-refractivity contribution in [3.05, 3.63) is 29.3 Å². The molecule has 1 aromatic carbocycles. The monoisotopic (exact) mass is 411 g/mol. The first-order chi connectivity index (χ1) is 14.5. The topological polar surface area (TPSA) is 69.7 Å². The van der Waals surface area contributed by atoms with Crippen molar-refractivity contribution >= 4 is 23.3 Å². The van der Waals surface area contributed by atoms with Crippen molar-refractivity contribution in [2.75, 3.05) is 31.1 Å². The molecule has 0 radical (unpaired) electrons. The fourth-order valence-electron chi connectivity index (χ4n) is 5.06. The van der Waals surface area contributed by atoms with Gasteiger partial charge in [0.1, 0.15) is 0 Å². The third-order valence-electron chi connectivity index (χ3n) is 6.93. The first-order valence-corrected chi connectivity index (χ1v) is 11.5. The van der Waals surface area contributed by atoms with E-state index in [1.54, 1.807) is 0 Å².